The molecule has 0 aromatic carbocycles. The number of aryl methyl sites for hydroxylation is 1. The number of fused-ring (bicyclic) bond motifs is 1. The summed E-state index contributed by atoms with van der Waals surface area (Å²) in [6.07, 6.45) is 5.71. The molecule has 5 rings (SSSR count). The third-order valence-corrected chi connectivity index (χ3v) is 5.90. The molecule has 9 nitrogen and oxygen atoms in total. The van der Waals surface area contributed by atoms with Crippen molar-refractivity contribution in [2.24, 2.45) is 0 Å². The average Bonchev–Trinajstić information content (AvgIpc) is 3.30. The smallest absolute Gasteiger partial charge is 0.255 e. The van der Waals surface area contributed by atoms with Crippen LogP contribution in [0.25, 0.3) is 28.2 Å². The third kappa shape index (κ3) is 4.53. The summed E-state index contributed by atoms with van der Waals surface area (Å²) in [5.41, 5.74) is 2.78. The summed E-state index contributed by atoms with van der Waals surface area (Å²) < 4.78 is 23.5. The molecule has 5 heterocycles. The van der Waals surface area contributed by atoms with Crippen molar-refractivity contribution < 1.29 is 13.9 Å². The molecular formula is C25H22FN7O2. The summed E-state index contributed by atoms with van der Waals surface area (Å²) in [6, 6.07) is 10.9. The number of rotatable bonds is 5. The fourth-order valence-electron chi connectivity index (χ4n) is 4.21. The third-order valence-electron chi connectivity index (χ3n) is 5.90. The lowest BCUT2D eigenvalue weighted by Gasteiger charge is -2.32. The van der Waals surface area contributed by atoms with Gasteiger partial charge in [-0.15, -0.1) is 0 Å². The average molecular weight is 471 g/mol. The molecule has 10 heteroatoms. The zero-order valence-corrected chi connectivity index (χ0v) is 19.1. The van der Waals surface area contributed by atoms with Crippen molar-refractivity contribution in [3.05, 3.63) is 60.4 Å². The summed E-state index contributed by atoms with van der Waals surface area (Å²) in [5, 5.41) is 13.2. The van der Waals surface area contributed by atoms with Crippen LogP contribution in [-0.2, 0) is 4.79 Å². The second kappa shape index (κ2) is 9.46. The molecule has 0 aliphatic carbocycles. The maximum atomic E-state index is 15.7. The molecule has 0 spiro atoms. The minimum absolute atomic E-state index is 0.0963. The van der Waals surface area contributed by atoms with Crippen molar-refractivity contribution in [3.63, 3.8) is 0 Å². The number of piperidine rings is 1. The van der Waals surface area contributed by atoms with E-state index >= 15 is 4.39 Å². The van der Waals surface area contributed by atoms with Gasteiger partial charge in [0.15, 0.2) is 5.82 Å². The lowest BCUT2D eigenvalue weighted by molar-refractivity contribution is -0.132. The Morgan fingerprint density at radius 2 is 2.20 bits per heavy atom. The van der Waals surface area contributed by atoms with Gasteiger partial charge in [0.05, 0.1) is 29.9 Å². The lowest BCUT2D eigenvalue weighted by Crippen LogP contribution is -2.44. The predicted molar refractivity (Wildman–Crippen MR) is 125 cm³/mol. The number of carbonyl (C=O) groups is 1. The Balaban J connectivity index is 1.56. The number of nitriles is 1. The molecule has 0 unspecified atom stereocenters. The molecule has 0 saturated carbocycles. The fraction of sp³-hybridized carbons (Fsp3) is 0.280. The van der Waals surface area contributed by atoms with Crippen LogP contribution in [0.15, 0.2) is 48.9 Å². The van der Waals surface area contributed by atoms with Gasteiger partial charge in [0.1, 0.15) is 18.2 Å². The number of hydrogen-bond acceptors (Lipinski definition) is 7. The number of amides is 1. The quantitative estimate of drug-likeness (QED) is 0.438. The Bertz CT molecular complexity index is 1450. The van der Waals surface area contributed by atoms with Gasteiger partial charge in [-0.2, -0.15) is 19.7 Å². The number of aromatic nitrogens is 5. The number of hydrogen-bond donors (Lipinski definition) is 0. The minimum atomic E-state index is -0.684. The summed E-state index contributed by atoms with van der Waals surface area (Å²) >= 11 is 0. The molecule has 0 N–H and O–H groups in total. The van der Waals surface area contributed by atoms with Gasteiger partial charge in [-0.05, 0) is 44.0 Å². The van der Waals surface area contributed by atoms with E-state index in [9.17, 15) is 4.79 Å². The summed E-state index contributed by atoms with van der Waals surface area (Å²) in [7, 11) is 0. The zero-order valence-electron chi connectivity index (χ0n) is 19.1. The molecule has 1 aliphatic rings. The molecule has 4 aromatic heterocycles. The van der Waals surface area contributed by atoms with Gasteiger partial charge in [-0.3, -0.25) is 9.78 Å². The Morgan fingerprint density at radius 3 is 3.03 bits per heavy atom. The van der Waals surface area contributed by atoms with E-state index in [1.165, 1.54) is 0 Å². The van der Waals surface area contributed by atoms with Crippen LogP contribution in [0.3, 0.4) is 0 Å². The van der Waals surface area contributed by atoms with Crippen LogP contribution in [0.4, 0.5) is 4.39 Å². The van der Waals surface area contributed by atoms with Crippen LogP contribution in [-0.4, -0.2) is 54.6 Å². The first-order valence-corrected chi connectivity index (χ1v) is 11.3. The van der Waals surface area contributed by atoms with E-state index in [-0.39, 0.29) is 36.3 Å². The van der Waals surface area contributed by atoms with Gasteiger partial charge in [0, 0.05) is 30.2 Å². The molecule has 1 amide bonds. The van der Waals surface area contributed by atoms with Gasteiger partial charge in [0.2, 0.25) is 11.7 Å². The Labute approximate surface area is 200 Å². The van der Waals surface area contributed by atoms with Crippen molar-refractivity contribution in [2.45, 2.75) is 32.3 Å². The largest absolute Gasteiger partial charge is 0.470 e. The first-order chi connectivity index (χ1) is 17.0. The minimum Gasteiger partial charge on any atom is -0.470 e. The van der Waals surface area contributed by atoms with E-state index in [2.05, 4.69) is 20.1 Å². The number of pyridine rings is 2. The Morgan fingerprint density at radius 1 is 1.31 bits per heavy atom. The van der Waals surface area contributed by atoms with Gasteiger partial charge < -0.3 is 9.64 Å². The van der Waals surface area contributed by atoms with Gasteiger partial charge in [0.25, 0.3) is 5.88 Å². The van der Waals surface area contributed by atoms with E-state index in [1.807, 2.05) is 37.4 Å². The van der Waals surface area contributed by atoms with Gasteiger partial charge in [-0.25, -0.2) is 9.50 Å². The molecule has 1 fully saturated rings. The van der Waals surface area contributed by atoms with E-state index < -0.39 is 11.9 Å². The Kier molecular flexibility index (Phi) is 6.06. The van der Waals surface area contributed by atoms with Crippen molar-refractivity contribution >= 4 is 11.4 Å². The van der Waals surface area contributed by atoms with Crippen LogP contribution in [0.2, 0.25) is 0 Å². The van der Waals surface area contributed by atoms with Crippen LogP contribution in [0, 0.1) is 24.1 Å². The van der Waals surface area contributed by atoms with Gasteiger partial charge >= 0.3 is 0 Å². The second-order valence-electron chi connectivity index (χ2n) is 8.35. The van der Waals surface area contributed by atoms with Gasteiger partial charge in [-0.1, -0.05) is 6.07 Å². The second-order valence-corrected chi connectivity index (χ2v) is 8.35. The monoisotopic (exact) mass is 471 g/mol. The Hall–Kier alpha value is -4.39. The molecule has 1 saturated heterocycles. The number of carbonyl (C=O) groups excluding carboxylic acids is 1. The first-order valence-electron chi connectivity index (χ1n) is 11.3. The first kappa shape index (κ1) is 22.4. The highest BCUT2D eigenvalue weighted by Gasteiger charge is 2.28. The van der Waals surface area contributed by atoms with Crippen molar-refractivity contribution in [2.75, 3.05) is 13.1 Å². The predicted octanol–water partition coefficient (Wildman–Crippen LogP) is 3.58. The van der Waals surface area contributed by atoms with E-state index in [0.717, 1.165) is 11.2 Å². The highest BCUT2D eigenvalue weighted by Crippen LogP contribution is 2.32. The van der Waals surface area contributed by atoms with Crippen LogP contribution >= 0.6 is 0 Å². The number of halogens is 1. The highest BCUT2D eigenvalue weighted by atomic mass is 19.1. The lowest BCUT2D eigenvalue weighted by atomic mass is 10.1. The van der Waals surface area contributed by atoms with Crippen molar-refractivity contribution in [3.8, 4) is 34.6 Å². The number of ether oxygens (including phenoxy) is 1. The molecule has 0 bridgehead atoms. The summed E-state index contributed by atoms with van der Waals surface area (Å²) in [4.78, 5) is 27.0. The van der Waals surface area contributed by atoms with E-state index in [0.29, 0.717) is 30.5 Å². The van der Waals surface area contributed by atoms with Crippen LogP contribution in [0.1, 0.15) is 25.0 Å². The molecule has 1 aliphatic heterocycles. The molecule has 1 atom stereocenters. The highest BCUT2D eigenvalue weighted by molar-refractivity contribution is 5.78. The standard InChI is InChI=1S/C25H22FN7O2/c1-16-13-17(8-10-28-16)23-22(26)25(35-18-5-4-11-32(15-18)21(34)7-9-27)31-24(30-23)19-14-29-33-12-3-2-6-20(19)33/h2-3,6,8,10,12-14,18H,4-5,7,11,15H2,1H3/t18-/m1/s1. The van der Waals surface area contributed by atoms with Crippen molar-refractivity contribution in [1.82, 2.24) is 29.5 Å². The summed E-state index contributed by atoms with van der Waals surface area (Å²) in [6.45, 7) is 2.63. The van der Waals surface area contributed by atoms with Crippen molar-refractivity contribution in [1.29, 1.82) is 5.26 Å². The SMILES string of the molecule is Cc1cc(-c2nc(-c3cnn4ccccc34)nc(O[C@@H]3CCCN(C(=O)CC#N)C3)c2F)ccn1. The molecule has 4 aromatic rings. The number of likely N-dealkylation sites (tertiary alicyclic amines) is 1. The normalized spacial score (nSPS) is 15.7. The molecule has 176 valence electrons. The molecule has 35 heavy (non-hydrogen) atoms. The molecule has 0 radical (unpaired) electrons. The topological polar surface area (TPSA) is 109 Å². The maximum absolute atomic E-state index is 15.7. The maximum Gasteiger partial charge on any atom is 0.255 e. The van der Waals surface area contributed by atoms with E-state index in [1.54, 1.807) is 33.9 Å². The van der Waals surface area contributed by atoms with Crippen LogP contribution < -0.4 is 4.74 Å². The van der Waals surface area contributed by atoms with Crippen LogP contribution in [0.5, 0.6) is 5.88 Å². The number of nitrogens with zero attached hydrogens (tertiary/aromatic N) is 7. The fourth-order valence-corrected chi connectivity index (χ4v) is 4.21. The zero-order chi connectivity index (χ0) is 24.4. The van der Waals surface area contributed by atoms with E-state index in [4.69, 9.17) is 10.00 Å². The molecular weight excluding hydrogens is 449 g/mol. The summed E-state index contributed by atoms with van der Waals surface area (Å²) in [5.74, 6) is -0.852.